The van der Waals surface area contributed by atoms with E-state index >= 15 is 0 Å². The highest BCUT2D eigenvalue weighted by Gasteiger charge is 2.15. The van der Waals surface area contributed by atoms with Gasteiger partial charge in [-0.1, -0.05) is 38.0 Å². The van der Waals surface area contributed by atoms with Crippen LogP contribution >= 0.6 is 12.4 Å². The molecule has 1 aromatic rings. The first-order valence-electron chi connectivity index (χ1n) is 7.70. The average molecular weight is 309 g/mol. The van der Waals surface area contributed by atoms with Crippen molar-refractivity contribution in [1.29, 1.82) is 0 Å². The summed E-state index contributed by atoms with van der Waals surface area (Å²) >= 11 is 0. The van der Waals surface area contributed by atoms with Crippen molar-refractivity contribution in [3.63, 3.8) is 0 Å². The fourth-order valence-electron chi connectivity index (χ4n) is 2.28. The molecule has 0 amide bonds. The summed E-state index contributed by atoms with van der Waals surface area (Å²) in [4.78, 5) is 4.21. The Labute approximate surface area is 134 Å². The Morgan fingerprint density at radius 2 is 2.24 bits per heavy atom. The molecule has 0 saturated carbocycles. The van der Waals surface area contributed by atoms with Crippen molar-refractivity contribution >= 4 is 12.4 Å². The zero-order valence-corrected chi connectivity index (χ0v) is 13.5. The highest BCUT2D eigenvalue weighted by Crippen LogP contribution is 2.15. The van der Waals surface area contributed by atoms with Gasteiger partial charge >= 0.3 is 0 Å². The molecule has 2 rings (SSSR count). The van der Waals surface area contributed by atoms with E-state index < -0.39 is 0 Å². The van der Waals surface area contributed by atoms with Crippen LogP contribution in [0.4, 0.5) is 0 Å². The predicted octanol–water partition coefficient (Wildman–Crippen LogP) is 3.57. The van der Waals surface area contributed by atoms with Crippen LogP contribution in [0.2, 0.25) is 0 Å². The van der Waals surface area contributed by atoms with E-state index in [2.05, 4.69) is 29.1 Å². The monoisotopic (exact) mass is 308 g/mol. The number of hydrogen-bond donors (Lipinski definition) is 1. The number of hydrogen-bond acceptors (Lipinski definition) is 3. The number of halogens is 1. The van der Waals surface area contributed by atoms with Gasteiger partial charge in [-0.2, -0.15) is 0 Å². The molecule has 0 bridgehead atoms. The van der Waals surface area contributed by atoms with Gasteiger partial charge in [0.25, 0.3) is 0 Å². The van der Waals surface area contributed by atoms with Gasteiger partial charge in [-0.25, -0.2) is 0 Å². The molecule has 1 saturated heterocycles. The first-order chi connectivity index (χ1) is 9.88. The van der Waals surface area contributed by atoms with Crippen molar-refractivity contribution < 1.29 is 4.74 Å². The minimum atomic E-state index is 0. The van der Waals surface area contributed by atoms with Crippen molar-refractivity contribution in [1.82, 2.24) is 10.3 Å². The van der Waals surface area contributed by atoms with E-state index in [-0.39, 0.29) is 18.5 Å². The second kappa shape index (κ2) is 10.5. The molecule has 4 heteroatoms. The van der Waals surface area contributed by atoms with Crippen LogP contribution in [0, 0.1) is 11.8 Å². The summed E-state index contributed by atoms with van der Waals surface area (Å²) in [6, 6.07) is 1.99. The molecule has 116 valence electrons. The lowest BCUT2D eigenvalue weighted by Crippen LogP contribution is -2.19. The second-order valence-corrected chi connectivity index (χ2v) is 5.25. The minimum absolute atomic E-state index is 0. The standard InChI is InChI=1S/C17H24N2O.ClH/c1-2-3-4-5-6-7-8-15-11-17(14-19-12-15)20-16-9-10-18-13-16;/h11-12,14,16,18H,2-6,9-10,13H2,1H3;1H/t16-;/m0./s1. The number of ether oxygens (including phenoxy) is 1. The van der Waals surface area contributed by atoms with Crippen molar-refractivity contribution in [2.75, 3.05) is 13.1 Å². The van der Waals surface area contributed by atoms with Gasteiger partial charge in [-0.05, 0) is 25.5 Å². The van der Waals surface area contributed by atoms with E-state index in [1.54, 1.807) is 12.4 Å². The van der Waals surface area contributed by atoms with Gasteiger partial charge in [0.2, 0.25) is 0 Å². The van der Waals surface area contributed by atoms with Crippen molar-refractivity contribution in [2.24, 2.45) is 0 Å². The van der Waals surface area contributed by atoms with Gasteiger partial charge in [0.1, 0.15) is 11.9 Å². The Morgan fingerprint density at radius 1 is 1.33 bits per heavy atom. The number of nitrogens with zero attached hydrogens (tertiary/aromatic N) is 1. The molecule has 1 fully saturated rings. The topological polar surface area (TPSA) is 34.1 Å². The summed E-state index contributed by atoms with van der Waals surface area (Å²) in [7, 11) is 0. The van der Waals surface area contributed by atoms with Crippen LogP contribution < -0.4 is 10.1 Å². The second-order valence-electron chi connectivity index (χ2n) is 5.25. The number of nitrogens with one attached hydrogen (secondary N) is 1. The van der Waals surface area contributed by atoms with Crippen LogP contribution in [0.15, 0.2) is 18.5 Å². The summed E-state index contributed by atoms with van der Waals surface area (Å²) in [5.74, 6) is 7.23. The Bertz CT molecular complexity index is 461. The van der Waals surface area contributed by atoms with Crippen LogP contribution in [0.1, 0.15) is 51.0 Å². The van der Waals surface area contributed by atoms with E-state index in [0.29, 0.717) is 0 Å². The molecule has 1 aliphatic heterocycles. The van der Waals surface area contributed by atoms with Crippen LogP contribution in [-0.2, 0) is 0 Å². The highest BCUT2D eigenvalue weighted by atomic mass is 35.5. The van der Waals surface area contributed by atoms with Gasteiger partial charge in [0.05, 0.1) is 6.20 Å². The van der Waals surface area contributed by atoms with Gasteiger partial charge in [0.15, 0.2) is 0 Å². The molecule has 21 heavy (non-hydrogen) atoms. The normalized spacial score (nSPS) is 16.7. The third-order valence-electron chi connectivity index (χ3n) is 3.42. The number of pyridine rings is 1. The molecule has 1 aliphatic rings. The molecule has 1 N–H and O–H groups in total. The maximum Gasteiger partial charge on any atom is 0.139 e. The molecule has 1 atom stereocenters. The summed E-state index contributed by atoms with van der Waals surface area (Å²) < 4.78 is 5.88. The SMILES string of the molecule is CCCCCCC#Cc1cncc(O[C@H]2CCNC2)c1.Cl. The fourth-order valence-corrected chi connectivity index (χ4v) is 2.28. The zero-order chi connectivity index (χ0) is 14.0. The third kappa shape index (κ3) is 6.84. The van der Waals surface area contributed by atoms with Gasteiger partial charge in [-0.3, -0.25) is 4.98 Å². The number of rotatable bonds is 6. The molecule has 1 aromatic heterocycles. The minimum Gasteiger partial charge on any atom is -0.487 e. The maximum atomic E-state index is 5.88. The molecule has 2 heterocycles. The lowest BCUT2D eigenvalue weighted by molar-refractivity contribution is 0.222. The maximum absolute atomic E-state index is 5.88. The molecule has 0 aromatic carbocycles. The van der Waals surface area contributed by atoms with Gasteiger partial charge in [0, 0.05) is 24.7 Å². The van der Waals surface area contributed by atoms with Crippen molar-refractivity contribution in [3.05, 3.63) is 24.0 Å². The number of aromatic nitrogens is 1. The first kappa shape index (κ1) is 17.8. The fraction of sp³-hybridized carbons (Fsp3) is 0.588. The molecular formula is C17H25ClN2O. The Balaban J connectivity index is 0.00000220. The summed E-state index contributed by atoms with van der Waals surface area (Å²) in [5.41, 5.74) is 0.948. The smallest absolute Gasteiger partial charge is 0.139 e. The van der Waals surface area contributed by atoms with E-state index in [1.165, 1.54) is 25.7 Å². The lowest BCUT2D eigenvalue weighted by atomic mass is 10.1. The molecule has 0 spiro atoms. The molecule has 0 radical (unpaired) electrons. The van der Waals surface area contributed by atoms with E-state index in [0.717, 1.165) is 37.2 Å². The highest BCUT2D eigenvalue weighted by molar-refractivity contribution is 5.85. The zero-order valence-electron chi connectivity index (χ0n) is 12.7. The molecular weight excluding hydrogens is 284 g/mol. The van der Waals surface area contributed by atoms with Gasteiger partial charge in [-0.15, -0.1) is 12.4 Å². The van der Waals surface area contributed by atoms with E-state index in [4.69, 9.17) is 4.74 Å². The Kier molecular flexibility index (Phi) is 8.89. The summed E-state index contributed by atoms with van der Waals surface area (Å²) in [5, 5.41) is 3.29. The lowest BCUT2D eigenvalue weighted by Gasteiger charge is -2.11. The summed E-state index contributed by atoms with van der Waals surface area (Å²) in [6.07, 6.45) is 10.9. The predicted molar refractivity (Wildman–Crippen MR) is 89.0 cm³/mol. The van der Waals surface area contributed by atoms with Crippen LogP contribution in [0.25, 0.3) is 0 Å². The quantitative estimate of drug-likeness (QED) is 0.644. The Hall–Kier alpha value is -1.24. The van der Waals surface area contributed by atoms with Crippen LogP contribution in [-0.4, -0.2) is 24.2 Å². The molecule has 0 aliphatic carbocycles. The average Bonchev–Trinajstić information content (AvgIpc) is 2.96. The van der Waals surface area contributed by atoms with E-state index in [1.807, 2.05) is 6.07 Å². The first-order valence-corrected chi connectivity index (χ1v) is 7.70. The van der Waals surface area contributed by atoms with Gasteiger partial charge < -0.3 is 10.1 Å². The van der Waals surface area contributed by atoms with Crippen molar-refractivity contribution in [2.45, 2.75) is 51.6 Å². The third-order valence-corrected chi connectivity index (χ3v) is 3.42. The number of unbranched alkanes of at least 4 members (excludes halogenated alkanes) is 4. The van der Waals surface area contributed by atoms with Crippen molar-refractivity contribution in [3.8, 4) is 17.6 Å². The Morgan fingerprint density at radius 3 is 3.00 bits per heavy atom. The van der Waals surface area contributed by atoms with Crippen LogP contribution in [0.3, 0.4) is 0 Å². The largest absolute Gasteiger partial charge is 0.487 e. The molecule has 3 nitrogen and oxygen atoms in total. The summed E-state index contributed by atoms with van der Waals surface area (Å²) in [6.45, 7) is 4.19. The van der Waals surface area contributed by atoms with Crippen LogP contribution in [0.5, 0.6) is 5.75 Å². The molecule has 0 unspecified atom stereocenters. The van der Waals surface area contributed by atoms with E-state index in [9.17, 15) is 0 Å².